The van der Waals surface area contributed by atoms with Crippen LogP contribution < -0.4 is 32.2 Å². The monoisotopic (exact) mass is 508 g/mol. The van der Waals surface area contributed by atoms with Gasteiger partial charge in [-0.05, 0) is 77.5 Å². The molecule has 0 saturated heterocycles. The van der Waals surface area contributed by atoms with Crippen LogP contribution in [0.5, 0.6) is 5.75 Å². The van der Waals surface area contributed by atoms with E-state index in [1.54, 1.807) is 84.9 Å². The Hall–Kier alpha value is -5.71. The Kier molecular flexibility index (Phi) is 7.29. The molecule has 0 fully saturated rings. The van der Waals surface area contributed by atoms with E-state index in [1.807, 2.05) is 0 Å². The maximum atomic E-state index is 12.5. The fraction of sp³-hybridized carbons (Fsp3) is 0. The number of hydrogen-bond donors (Lipinski definition) is 8. The molecular formula is C27H24N8O3. The number of anilines is 2. The Morgan fingerprint density at radius 1 is 0.632 bits per heavy atom. The minimum absolute atomic E-state index is 0.0685. The largest absolute Gasteiger partial charge is 0.423 e. The predicted octanol–water partition coefficient (Wildman–Crippen LogP) is 3.43. The minimum atomic E-state index is -0.537. The third-order valence-corrected chi connectivity index (χ3v) is 5.38. The molecule has 0 aromatic heterocycles. The third kappa shape index (κ3) is 6.29. The van der Waals surface area contributed by atoms with E-state index in [1.165, 1.54) is 0 Å². The van der Waals surface area contributed by atoms with Crippen LogP contribution in [0.15, 0.2) is 84.9 Å². The second kappa shape index (κ2) is 10.9. The zero-order valence-corrected chi connectivity index (χ0v) is 20.0. The molecule has 0 saturated carbocycles. The van der Waals surface area contributed by atoms with Crippen molar-refractivity contribution in [2.24, 2.45) is 11.5 Å². The van der Waals surface area contributed by atoms with E-state index in [9.17, 15) is 9.59 Å². The van der Waals surface area contributed by atoms with Gasteiger partial charge in [-0.1, -0.05) is 18.2 Å². The number of carbonyl (C=O) groups is 2. The summed E-state index contributed by atoms with van der Waals surface area (Å²) in [5.41, 5.74) is 12.9. The molecule has 4 aromatic rings. The van der Waals surface area contributed by atoms with Crippen molar-refractivity contribution >= 4 is 51.8 Å². The van der Waals surface area contributed by atoms with E-state index in [-0.39, 0.29) is 17.8 Å². The highest BCUT2D eigenvalue weighted by Crippen LogP contribution is 2.23. The predicted molar refractivity (Wildman–Crippen MR) is 147 cm³/mol. The van der Waals surface area contributed by atoms with E-state index < -0.39 is 11.9 Å². The van der Waals surface area contributed by atoms with E-state index in [2.05, 4.69) is 16.0 Å². The van der Waals surface area contributed by atoms with Crippen molar-refractivity contribution in [3.05, 3.63) is 102 Å². The van der Waals surface area contributed by atoms with Crippen LogP contribution in [0.4, 0.5) is 11.4 Å². The van der Waals surface area contributed by atoms with Crippen LogP contribution in [0.3, 0.4) is 0 Å². The molecule has 0 unspecified atom stereocenters. The Balaban J connectivity index is 1.41. The van der Waals surface area contributed by atoms with Crippen molar-refractivity contribution in [2.45, 2.75) is 0 Å². The first-order valence-electron chi connectivity index (χ1n) is 11.3. The maximum absolute atomic E-state index is 12.5. The normalized spacial score (nSPS) is 10.3. The number of amidine groups is 1. The van der Waals surface area contributed by atoms with Gasteiger partial charge in [0.2, 0.25) is 0 Å². The van der Waals surface area contributed by atoms with Gasteiger partial charge in [-0.25, -0.2) is 4.79 Å². The summed E-state index contributed by atoms with van der Waals surface area (Å²) < 4.78 is 5.49. The van der Waals surface area contributed by atoms with Gasteiger partial charge >= 0.3 is 5.97 Å². The van der Waals surface area contributed by atoms with Gasteiger partial charge in [0.05, 0.1) is 5.56 Å². The number of nitrogens with one attached hydrogen (secondary N) is 6. The van der Waals surface area contributed by atoms with Gasteiger partial charge in [0, 0.05) is 22.5 Å². The van der Waals surface area contributed by atoms with Crippen LogP contribution in [0, 0.1) is 16.2 Å². The van der Waals surface area contributed by atoms with Crippen molar-refractivity contribution in [2.75, 3.05) is 10.6 Å². The number of benzene rings is 4. The lowest BCUT2D eigenvalue weighted by molar-refractivity contribution is 0.0734. The summed E-state index contributed by atoms with van der Waals surface area (Å²) in [6, 6.07) is 23.1. The van der Waals surface area contributed by atoms with Crippen LogP contribution in [0.2, 0.25) is 0 Å². The van der Waals surface area contributed by atoms with Gasteiger partial charge in [-0.2, -0.15) is 0 Å². The quantitative estimate of drug-likeness (QED) is 0.0842. The highest BCUT2D eigenvalue weighted by atomic mass is 16.5. The van der Waals surface area contributed by atoms with Crippen molar-refractivity contribution in [1.82, 2.24) is 5.32 Å². The number of rotatable bonds is 6. The lowest BCUT2D eigenvalue weighted by Crippen LogP contribution is -2.30. The fourth-order valence-electron chi connectivity index (χ4n) is 3.57. The lowest BCUT2D eigenvalue weighted by Gasteiger charge is -2.10. The number of amides is 1. The van der Waals surface area contributed by atoms with Gasteiger partial charge in [-0.15, -0.1) is 0 Å². The summed E-state index contributed by atoms with van der Waals surface area (Å²) in [6.07, 6.45) is 0. The molecule has 0 atom stereocenters. The average molecular weight is 509 g/mol. The summed E-state index contributed by atoms with van der Waals surface area (Å²) in [7, 11) is 0. The molecule has 11 heteroatoms. The minimum Gasteiger partial charge on any atom is -0.423 e. The molecule has 0 heterocycles. The van der Waals surface area contributed by atoms with Gasteiger partial charge in [0.1, 0.15) is 11.6 Å². The summed E-state index contributed by atoms with van der Waals surface area (Å²) in [4.78, 5) is 25.1. The van der Waals surface area contributed by atoms with Crippen molar-refractivity contribution in [3.8, 4) is 5.75 Å². The Morgan fingerprint density at radius 2 is 1.13 bits per heavy atom. The van der Waals surface area contributed by atoms with E-state index in [0.717, 1.165) is 10.8 Å². The lowest BCUT2D eigenvalue weighted by atomic mass is 10.1. The number of carbonyl (C=O) groups excluding carboxylic acids is 2. The molecule has 11 nitrogen and oxygen atoms in total. The molecule has 4 aromatic carbocycles. The molecular weight excluding hydrogens is 484 g/mol. The molecule has 0 aliphatic heterocycles. The van der Waals surface area contributed by atoms with Gasteiger partial charge < -0.3 is 32.2 Å². The Bertz CT molecular complexity index is 1560. The summed E-state index contributed by atoms with van der Waals surface area (Å²) >= 11 is 0. The molecule has 0 aliphatic carbocycles. The highest BCUT2D eigenvalue weighted by molar-refractivity contribution is 6.12. The number of fused-ring (bicyclic) bond motifs is 1. The molecule has 1 amide bonds. The third-order valence-electron chi connectivity index (χ3n) is 5.38. The molecule has 0 spiro atoms. The van der Waals surface area contributed by atoms with Crippen molar-refractivity contribution in [1.29, 1.82) is 16.2 Å². The second-order valence-electron chi connectivity index (χ2n) is 8.17. The summed E-state index contributed by atoms with van der Waals surface area (Å²) in [5, 5.41) is 32.2. The molecule has 190 valence electrons. The smallest absolute Gasteiger partial charge is 0.343 e. The molecule has 0 radical (unpaired) electrons. The van der Waals surface area contributed by atoms with Gasteiger partial charge in [0.25, 0.3) is 5.91 Å². The fourth-order valence-corrected chi connectivity index (χ4v) is 3.57. The van der Waals surface area contributed by atoms with Crippen molar-refractivity contribution in [3.63, 3.8) is 0 Å². The molecule has 0 aliphatic rings. The van der Waals surface area contributed by atoms with Gasteiger partial charge in [-0.3, -0.25) is 21.0 Å². The number of nitrogens with two attached hydrogens (primary N) is 2. The number of hydrogen-bond acceptors (Lipinski definition) is 6. The zero-order chi connectivity index (χ0) is 27.2. The van der Waals surface area contributed by atoms with Crippen LogP contribution in [-0.2, 0) is 0 Å². The van der Waals surface area contributed by atoms with Crippen LogP contribution >= 0.6 is 0 Å². The molecule has 38 heavy (non-hydrogen) atoms. The average Bonchev–Trinajstić information content (AvgIpc) is 2.88. The first-order valence-corrected chi connectivity index (χ1v) is 11.3. The van der Waals surface area contributed by atoms with E-state index in [0.29, 0.717) is 33.8 Å². The maximum Gasteiger partial charge on any atom is 0.343 e. The van der Waals surface area contributed by atoms with Gasteiger partial charge in [0.15, 0.2) is 11.9 Å². The van der Waals surface area contributed by atoms with Crippen molar-refractivity contribution < 1.29 is 14.3 Å². The first-order chi connectivity index (χ1) is 18.2. The first kappa shape index (κ1) is 25.4. The standard InChI is InChI=1S/C27H24N8O3/c28-23(35-24(36)15-3-8-20(9-4-15)33-26(29)30)19-2-1-18-14-22(12-7-17(18)13-19)38-25(37)16-5-10-21(11-6-16)34-27(31)32/h1-14H,(H2,28,35,36)(H4,29,30,33)(H4,31,32,34). The Labute approximate surface area is 217 Å². The number of ether oxygens (including phenoxy) is 1. The summed E-state index contributed by atoms with van der Waals surface area (Å²) in [6.45, 7) is 0. The van der Waals surface area contributed by atoms with Crippen LogP contribution in [0.25, 0.3) is 10.8 Å². The molecule has 10 N–H and O–H groups in total. The number of esters is 1. The summed E-state index contributed by atoms with van der Waals surface area (Å²) in [5.74, 6) is -1.11. The topological polar surface area (TPSA) is 203 Å². The van der Waals surface area contributed by atoms with Crippen LogP contribution in [-0.4, -0.2) is 29.6 Å². The zero-order valence-electron chi connectivity index (χ0n) is 20.0. The number of guanidine groups is 2. The highest BCUT2D eigenvalue weighted by Gasteiger charge is 2.12. The molecule has 4 rings (SSSR count). The second-order valence-corrected chi connectivity index (χ2v) is 8.17. The van der Waals surface area contributed by atoms with Crippen LogP contribution in [0.1, 0.15) is 26.3 Å². The molecule has 0 bridgehead atoms. The SMILES string of the molecule is N=C(N)Nc1ccc(C(=O)NC(=N)c2ccc3cc(OC(=O)c4ccc(NC(=N)N)cc4)ccc3c2)cc1. The Morgan fingerprint density at radius 3 is 1.71 bits per heavy atom. The van der Waals surface area contributed by atoms with E-state index in [4.69, 9.17) is 32.4 Å². The van der Waals surface area contributed by atoms with E-state index >= 15 is 0 Å².